The van der Waals surface area contributed by atoms with Gasteiger partial charge in [0.1, 0.15) is 0 Å². The van der Waals surface area contributed by atoms with Crippen LogP contribution in [0.4, 0.5) is 11.5 Å². The molecule has 0 atom stereocenters. The second-order valence-electron chi connectivity index (χ2n) is 6.30. The van der Waals surface area contributed by atoms with Crippen LogP contribution in [0.5, 0.6) is 0 Å². The molecular weight excluding hydrogens is 376 g/mol. The summed E-state index contributed by atoms with van der Waals surface area (Å²) in [5.74, 6) is 0.472. The highest BCUT2D eigenvalue weighted by Crippen LogP contribution is 2.33. The zero-order chi connectivity index (χ0) is 18.3. The van der Waals surface area contributed by atoms with E-state index in [0.717, 1.165) is 12.8 Å². The number of primary sulfonamides is 1. The smallest absolute Gasteiger partial charge is 0.238 e. The molecule has 1 aliphatic carbocycles. The van der Waals surface area contributed by atoms with Crippen molar-refractivity contribution in [2.45, 2.75) is 36.6 Å². The largest absolute Gasteiger partial charge is 0.338 e. The van der Waals surface area contributed by atoms with Crippen molar-refractivity contribution in [3.63, 3.8) is 0 Å². The molecule has 3 N–H and O–H groups in total. The Morgan fingerprint density at radius 3 is 2.50 bits per heavy atom. The molecule has 0 unspecified atom stereocenters. The molecule has 1 aliphatic rings. The Hall–Kier alpha value is -2.23. The molecule has 1 aromatic carbocycles. The highest BCUT2D eigenvalue weighted by atomic mass is 35.5. The molecule has 0 bridgehead atoms. The molecule has 3 aromatic rings. The van der Waals surface area contributed by atoms with E-state index in [0.29, 0.717) is 28.7 Å². The summed E-state index contributed by atoms with van der Waals surface area (Å²) in [6.07, 6.45) is 6.38. The van der Waals surface area contributed by atoms with Crippen LogP contribution >= 0.6 is 11.6 Å². The minimum absolute atomic E-state index is 0.0411. The summed E-state index contributed by atoms with van der Waals surface area (Å²) in [6, 6.07) is 6.45. The lowest BCUT2D eigenvalue weighted by Crippen LogP contribution is -2.11. The molecule has 0 radical (unpaired) electrons. The van der Waals surface area contributed by atoms with E-state index in [1.54, 1.807) is 18.5 Å². The number of fused-ring (bicyclic) bond motifs is 1. The van der Waals surface area contributed by atoms with Crippen LogP contribution < -0.4 is 10.5 Å². The first kappa shape index (κ1) is 17.2. The first-order valence-electron chi connectivity index (χ1n) is 8.22. The third-order valence-electron chi connectivity index (χ3n) is 4.56. The second-order valence-corrected chi connectivity index (χ2v) is 8.20. The van der Waals surface area contributed by atoms with Gasteiger partial charge in [-0.05, 0) is 48.7 Å². The van der Waals surface area contributed by atoms with Crippen molar-refractivity contribution < 1.29 is 8.42 Å². The molecule has 0 saturated heterocycles. The molecule has 0 spiro atoms. The minimum atomic E-state index is -3.73. The molecule has 0 amide bonds. The number of hydrogen-bond donors (Lipinski definition) is 2. The zero-order valence-corrected chi connectivity index (χ0v) is 15.3. The number of aromatic nitrogens is 4. The normalized spacial score (nSPS) is 15.6. The van der Waals surface area contributed by atoms with Gasteiger partial charge in [0.15, 0.2) is 17.0 Å². The van der Waals surface area contributed by atoms with Gasteiger partial charge >= 0.3 is 0 Å². The first-order chi connectivity index (χ1) is 12.4. The Kier molecular flexibility index (Phi) is 4.29. The topological polar surface area (TPSA) is 116 Å². The fourth-order valence-corrected chi connectivity index (χ4v) is 3.97. The third kappa shape index (κ3) is 3.25. The van der Waals surface area contributed by atoms with E-state index in [-0.39, 0.29) is 10.2 Å². The van der Waals surface area contributed by atoms with Crippen molar-refractivity contribution in [2.75, 3.05) is 5.32 Å². The van der Waals surface area contributed by atoms with Crippen LogP contribution in [-0.4, -0.2) is 27.9 Å². The van der Waals surface area contributed by atoms with E-state index in [1.807, 2.05) is 0 Å². The highest BCUT2D eigenvalue weighted by molar-refractivity contribution is 7.89. The molecule has 1 saturated carbocycles. The number of nitrogens with two attached hydrogens (primary N) is 1. The van der Waals surface area contributed by atoms with Gasteiger partial charge in [0.05, 0.1) is 11.2 Å². The van der Waals surface area contributed by atoms with E-state index in [2.05, 4.69) is 24.8 Å². The standard InChI is InChI=1S/C16H17ClN6O2S/c17-16-21-14(20-10-5-7-12(8-6-10)26(18,24)25)13-15(22-16)23(9-19-13)11-3-1-2-4-11/h5-9,11H,1-4H2,(H2,18,24,25)(H,20,21,22). The Labute approximate surface area is 155 Å². The molecule has 26 heavy (non-hydrogen) atoms. The molecule has 2 heterocycles. The van der Waals surface area contributed by atoms with Crippen LogP contribution in [0.15, 0.2) is 35.5 Å². The van der Waals surface area contributed by atoms with Gasteiger partial charge in [-0.15, -0.1) is 0 Å². The Bertz CT molecular complexity index is 1060. The van der Waals surface area contributed by atoms with Gasteiger partial charge in [-0.2, -0.15) is 9.97 Å². The van der Waals surface area contributed by atoms with Gasteiger partial charge in [-0.25, -0.2) is 18.5 Å². The number of imidazole rings is 1. The van der Waals surface area contributed by atoms with Crippen LogP contribution in [-0.2, 0) is 10.0 Å². The molecule has 10 heteroatoms. The first-order valence-corrected chi connectivity index (χ1v) is 10.1. The van der Waals surface area contributed by atoms with Gasteiger partial charge in [0, 0.05) is 11.7 Å². The maximum atomic E-state index is 11.4. The molecule has 4 rings (SSSR count). The number of sulfonamides is 1. The van der Waals surface area contributed by atoms with E-state index in [1.165, 1.54) is 25.0 Å². The summed E-state index contributed by atoms with van der Waals surface area (Å²) in [6.45, 7) is 0. The predicted octanol–water partition coefficient (Wildman–Crippen LogP) is 2.99. The molecular formula is C16H17ClN6O2S. The van der Waals surface area contributed by atoms with Crippen LogP contribution in [0.2, 0.25) is 5.28 Å². The van der Waals surface area contributed by atoms with Gasteiger partial charge in [-0.1, -0.05) is 12.8 Å². The highest BCUT2D eigenvalue weighted by Gasteiger charge is 2.21. The maximum Gasteiger partial charge on any atom is 0.238 e. The minimum Gasteiger partial charge on any atom is -0.338 e. The number of halogens is 1. The molecule has 136 valence electrons. The number of hydrogen-bond acceptors (Lipinski definition) is 6. The van der Waals surface area contributed by atoms with E-state index >= 15 is 0 Å². The van der Waals surface area contributed by atoms with Gasteiger partial charge in [-0.3, -0.25) is 0 Å². The lowest BCUT2D eigenvalue weighted by Gasteiger charge is -2.12. The van der Waals surface area contributed by atoms with Crippen LogP contribution in [0.1, 0.15) is 31.7 Å². The molecule has 1 fully saturated rings. The van der Waals surface area contributed by atoms with Crippen molar-refractivity contribution in [1.29, 1.82) is 0 Å². The Morgan fingerprint density at radius 1 is 1.15 bits per heavy atom. The van der Waals surface area contributed by atoms with Crippen molar-refractivity contribution in [2.24, 2.45) is 5.14 Å². The Balaban J connectivity index is 1.70. The number of anilines is 2. The fraction of sp³-hybridized carbons (Fsp3) is 0.312. The molecule has 2 aromatic heterocycles. The summed E-state index contributed by atoms with van der Waals surface area (Å²) in [4.78, 5) is 13.1. The molecule has 0 aliphatic heterocycles. The van der Waals surface area contributed by atoms with Gasteiger partial charge < -0.3 is 9.88 Å². The number of rotatable bonds is 4. The van der Waals surface area contributed by atoms with Crippen LogP contribution in [0, 0.1) is 0 Å². The van der Waals surface area contributed by atoms with Crippen LogP contribution in [0.25, 0.3) is 11.2 Å². The zero-order valence-electron chi connectivity index (χ0n) is 13.8. The number of nitrogens with zero attached hydrogens (tertiary/aromatic N) is 4. The second kappa shape index (κ2) is 6.49. The lowest BCUT2D eigenvalue weighted by atomic mass is 10.2. The summed E-state index contributed by atoms with van der Waals surface area (Å²) in [5, 5.41) is 8.37. The van der Waals surface area contributed by atoms with E-state index < -0.39 is 10.0 Å². The van der Waals surface area contributed by atoms with Crippen molar-refractivity contribution >= 4 is 44.3 Å². The quantitative estimate of drug-likeness (QED) is 0.659. The summed E-state index contributed by atoms with van der Waals surface area (Å²) >= 11 is 6.11. The summed E-state index contributed by atoms with van der Waals surface area (Å²) in [5.41, 5.74) is 1.96. The van der Waals surface area contributed by atoms with E-state index in [9.17, 15) is 8.42 Å². The monoisotopic (exact) mass is 392 g/mol. The lowest BCUT2D eigenvalue weighted by molar-refractivity contribution is 0.529. The Morgan fingerprint density at radius 2 is 1.85 bits per heavy atom. The average molecular weight is 393 g/mol. The predicted molar refractivity (Wildman–Crippen MR) is 98.9 cm³/mol. The number of nitrogens with one attached hydrogen (secondary N) is 1. The number of benzene rings is 1. The van der Waals surface area contributed by atoms with Gasteiger partial charge in [0.25, 0.3) is 0 Å². The summed E-state index contributed by atoms with van der Waals surface area (Å²) in [7, 11) is -3.73. The molecule has 8 nitrogen and oxygen atoms in total. The SMILES string of the molecule is NS(=O)(=O)c1ccc(Nc2nc(Cl)nc3c2ncn3C2CCCC2)cc1. The van der Waals surface area contributed by atoms with Gasteiger partial charge in [0.2, 0.25) is 15.3 Å². The van der Waals surface area contributed by atoms with Crippen molar-refractivity contribution in [3.8, 4) is 0 Å². The maximum absolute atomic E-state index is 11.4. The third-order valence-corrected chi connectivity index (χ3v) is 5.66. The average Bonchev–Trinajstić information content (AvgIpc) is 3.23. The van der Waals surface area contributed by atoms with Crippen molar-refractivity contribution in [3.05, 3.63) is 35.9 Å². The van der Waals surface area contributed by atoms with Crippen LogP contribution in [0.3, 0.4) is 0 Å². The van der Waals surface area contributed by atoms with Crippen molar-refractivity contribution in [1.82, 2.24) is 19.5 Å². The summed E-state index contributed by atoms with van der Waals surface area (Å²) < 4.78 is 24.8. The van der Waals surface area contributed by atoms with E-state index in [4.69, 9.17) is 16.7 Å². The fourth-order valence-electron chi connectivity index (χ4n) is 3.29.